The number of anilines is 1. The van der Waals surface area contributed by atoms with Crippen molar-refractivity contribution in [3.05, 3.63) is 59.4 Å². The lowest BCUT2D eigenvalue weighted by Crippen LogP contribution is -2.57. The molecule has 0 aromatic carbocycles. The predicted molar refractivity (Wildman–Crippen MR) is 125 cm³/mol. The van der Waals surface area contributed by atoms with Crippen molar-refractivity contribution in [3.63, 3.8) is 0 Å². The molecule has 9 heteroatoms. The molecule has 0 saturated carbocycles. The Labute approximate surface area is 197 Å². The molecule has 176 valence electrons. The third kappa shape index (κ3) is 3.60. The number of aryl methyl sites for hydroxylation is 2. The molecule has 34 heavy (non-hydrogen) atoms. The zero-order chi connectivity index (χ0) is 23.9. The number of ether oxygens (including phenoxy) is 1. The zero-order valence-corrected chi connectivity index (χ0v) is 19.5. The summed E-state index contributed by atoms with van der Waals surface area (Å²) in [6, 6.07) is 5.36. The molecule has 3 aromatic heterocycles. The molecule has 3 aromatic rings. The van der Waals surface area contributed by atoms with E-state index in [1.54, 1.807) is 31.5 Å². The molecule has 5 heterocycles. The molecule has 5 rings (SSSR count). The Kier molecular flexibility index (Phi) is 5.73. The smallest absolute Gasteiger partial charge is 0.250 e. The molecule has 1 unspecified atom stereocenters. The molecule has 2 atom stereocenters. The fraction of sp³-hybridized carbons (Fsp3) is 0.400. The van der Waals surface area contributed by atoms with Gasteiger partial charge in [0.1, 0.15) is 5.82 Å². The lowest BCUT2D eigenvalue weighted by molar-refractivity contribution is -0.121. The number of methoxy groups -OCH3 is 1. The molecule has 2 aliphatic heterocycles. The van der Waals surface area contributed by atoms with E-state index in [9.17, 15) is 4.79 Å². The second-order valence-electron chi connectivity index (χ2n) is 8.95. The van der Waals surface area contributed by atoms with Crippen LogP contribution in [-0.4, -0.2) is 51.6 Å². The Morgan fingerprint density at radius 3 is 2.74 bits per heavy atom. The first kappa shape index (κ1) is 22.3. The number of halogens is 1. The highest BCUT2D eigenvalue weighted by Gasteiger charge is 2.48. The van der Waals surface area contributed by atoms with E-state index in [-0.39, 0.29) is 17.4 Å². The minimum Gasteiger partial charge on any atom is -0.479 e. The number of aromatic nitrogens is 4. The number of nitrogens with zero attached hydrogens (tertiary/aromatic N) is 5. The number of carbonyl (C=O) groups is 1. The lowest BCUT2D eigenvalue weighted by Gasteiger charge is -2.45. The van der Waals surface area contributed by atoms with Crippen LogP contribution in [0.4, 0.5) is 10.2 Å². The van der Waals surface area contributed by atoms with E-state index in [1.807, 2.05) is 17.9 Å². The maximum Gasteiger partial charge on any atom is 0.250 e. The van der Waals surface area contributed by atoms with Gasteiger partial charge in [-0.05, 0) is 63.4 Å². The molecule has 0 radical (unpaired) electrons. The molecule has 0 bridgehead atoms. The van der Waals surface area contributed by atoms with Gasteiger partial charge in [-0.2, -0.15) is 0 Å². The van der Waals surface area contributed by atoms with Gasteiger partial charge in [-0.1, -0.05) is 0 Å². The number of rotatable bonds is 4. The molecular weight excluding hydrogens is 435 g/mol. The van der Waals surface area contributed by atoms with E-state index in [1.165, 1.54) is 13.3 Å². The van der Waals surface area contributed by atoms with Crippen molar-refractivity contribution in [3.8, 4) is 17.3 Å². The second-order valence-corrected chi connectivity index (χ2v) is 8.95. The largest absolute Gasteiger partial charge is 0.479 e. The minimum absolute atomic E-state index is 0.116. The summed E-state index contributed by atoms with van der Waals surface area (Å²) in [5.74, 6) is -0.398. The van der Waals surface area contributed by atoms with Gasteiger partial charge in [0.05, 0.1) is 24.3 Å². The summed E-state index contributed by atoms with van der Waals surface area (Å²) in [7, 11) is 1.36. The van der Waals surface area contributed by atoms with Gasteiger partial charge in [-0.3, -0.25) is 9.69 Å². The van der Waals surface area contributed by atoms with Gasteiger partial charge in [0.15, 0.2) is 11.6 Å². The SMILES string of the molecule is COc1nccc(C(C)C(=O)N2c3nc(C)c(-c4ncccn4)cc3CC[C@@]23CCNC3)c1F. The van der Waals surface area contributed by atoms with Gasteiger partial charge in [0.2, 0.25) is 11.8 Å². The molecule has 8 nitrogen and oxygen atoms in total. The van der Waals surface area contributed by atoms with Crippen molar-refractivity contribution < 1.29 is 13.9 Å². The average Bonchev–Trinajstić information content (AvgIpc) is 3.32. The molecule has 1 N–H and O–H groups in total. The summed E-state index contributed by atoms with van der Waals surface area (Å²) in [4.78, 5) is 33.4. The quantitative estimate of drug-likeness (QED) is 0.636. The highest BCUT2D eigenvalue weighted by atomic mass is 19.1. The number of hydrogen-bond acceptors (Lipinski definition) is 7. The number of pyridine rings is 2. The third-order valence-electron chi connectivity index (χ3n) is 6.98. The summed E-state index contributed by atoms with van der Waals surface area (Å²) in [6.45, 7) is 5.13. The van der Waals surface area contributed by atoms with Crippen LogP contribution in [0.25, 0.3) is 11.4 Å². The molecule has 2 aliphatic rings. The van der Waals surface area contributed by atoms with Crippen molar-refractivity contribution in [1.82, 2.24) is 25.3 Å². The Morgan fingerprint density at radius 2 is 2.03 bits per heavy atom. The van der Waals surface area contributed by atoms with Crippen molar-refractivity contribution in [1.29, 1.82) is 0 Å². The monoisotopic (exact) mass is 462 g/mol. The van der Waals surface area contributed by atoms with Crippen molar-refractivity contribution in [2.24, 2.45) is 0 Å². The van der Waals surface area contributed by atoms with Crippen LogP contribution in [0.1, 0.15) is 42.5 Å². The molecular formula is C25H27FN6O2. The second kappa shape index (κ2) is 8.72. The maximum atomic E-state index is 15.0. The number of nitrogens with one attached hydrogen (secondary N) is 1. The molecule has 1 amide bonds. The first-order chi connectivity index (χ1) is 16.4. The summed E-state index contributed by atoms with van der Waals surface area (Å²) in [5, 5.41) is 3.41. The van der Waals surface area contributed by atoms with Crippen LogP contribution in [0.15, 0.2) is 36.8 Å². The average molecular weight is 463 g/mol. The van der Waals surface area contributed by atoms with Crippen molar-refractivity contribution in [2.45, 2.75) is 44.6 Å². The van der Waals surface area contributed by atoms with E-state index in [4.69, 9.17) is 9.72 Å². The van der Waals surface area contributed by atoms with Gasteiger partial charge in [-0.15, -0.1) is 0 Å². The van der Waals surface area contributed by atoms with Crippen LogP contribution in [-0.2, 0) is 11.2 Å². The van der Waals surface area contributed by atoms with Crippen LogP contribution in [0, 0.1) is 12.7 Å². The van der Waals surface area contributed by atoms with E-state index in [0.717, 1.165) is 42.6 Å². The number of carbonyl (C=O) groups excluding carboxylic acids is 1. The van der Waals surface area contributed by atoms with Gasteiger partial charge in [0.25, 0.3) is 0 Å². The van der Waals surface area contributed by atoms with Crippen LogP contribution < -0.4 is 15.0 Å². The van der Waals surface area contributed by atoms with Crippen molar-refractivity contribution >= 4 is 11.7 Å². The molecule has 1 spiro atoms. The van der Waals surface area contributed by atoms with Crippen molar-refractivity contribution in [2.75, 3.05) is 25.1 Å². The highest BCUT2D eigenvalue weighted by Crippen LogP contribution is 2.43. The fourth-order valence-corrected chi connectivity index (χ4v) is 5.09. The van der Waals surface area contributed by atoms with Gasteiger partial charge in [0, 0.05) is 36.3 Å². The Hall–Kier alpha value is -3.46. The molecule has 0 aliphatic carbocycles. The number of hydrogen-bond donors (Lipinski definition) is 1. The van der Waals surface area contributed by atoms with Crippen LogP contribution in [0.3, 0.4) is 0 Å². The molecule has 1 saturated heterocycles. The Morgan fingerprint density at radius 1 is 1.24 bits per heavy atom. The van der Waals surface area contributed by atoms with E-state index >= 15 is 4.39 Å². The fourth-order valence-electron chi connectivity index (χ4n) is 5.09. The Bertz CT molecular complexity index is 1230. The molecule has 1 fully saturated rings. The maximum absolute atomic E-state index is 15.0. The topological polar surface area (TPSA) is 93.1 Å². The Balaban J connectivity index is 1.60. The van der Waals surface area contributed by atoms with Gasteiger partial charge >= 0.3 is 0 Å². The van der Waals surface area contributed by atoms with Crippen LogP contribution in [0.2, 0.25) is 0 Å². The zero-order valence-electron chi connectivity index (χ0n) is 19.5. The summed E-state index contributed by atoms with van der Waals surface area (Å²) < 4.78 is 20.1. The summed E-state index contributed by atoms with van der Waals surface area (Å²) >= 11 is 0. The highest BCUT2D eigenvalue weighted by molar-refractivity contribution is 6.00. The van der Waals surface area contributed by atoms with E-state index in [0.29, 0.717) is 18.2 Å². The van der Waals surface area contributed by atoms with Gasteiger partial charge in [-0.25, -0.2) is 24.3 Å². The van der Waals surface area contributed by atoms with E-state index in [2.05, 4.69) is 20.3 Å². The third-order valence-corrected chi connectivity index (χ3v) is 6.98. The summed E-state index contributed by atoms with van der Waals surface area (Å²) in [6.07, 6.45) is 7.28. The van der Waals surface area contributed by atoms with Crippen LogP contribution >= 0.6 is 0 Å². The lowest BCUT2D eigenvalue weighted by atomic mass is 9.82. The number of amides is 1. The standard InChI is InChI=1S/C25H27FN6O2/c1-15(18-6-11-30-23(34-3)20(18)26)24(33)32-22-17(5-7-25(32)8-12-27-14-25)13-19(16(2)31-22)21-28-9-4-10-29-21/h4,6,9-11,13,15,27H,5,7-8,12,14H2,1-3H3/t15?,25-/m0/s1. The summed E-state index contributed by atoms with van der Waals surface area (Å²) in [5.41, 5.74) is 2.44. The van der Waals surface area contributed by atoms with Crippen LogP contribution in [0.5, 0.6) is 5.88 Å². The van der Waals surface area contributed by atoms with Gasteiger partial charge < -0.3 is 10.1 Å². The number of fused-ring (bicyclic) bond motifs is 1. The first-order valence-electron chi connectivity index (χ1n) is 11.5. The predicted octanol–water partition coefficient (Wildman–Crippen LogP) is 3.20. The minimum atomic E-state index is -0.737. The first-order valence-corrected chi connectivity index (χ1v) is 11.5. The van der Waals surface area contributed by atoms with E-state index < -0.39 is 17.3 Å². The normalized spacial score (nSPS) is 20.3.